The summed E-state index contributed by atoms with van der Waals surface area (Å²) in [4.78, 5) is 26.3. The van der Waals surface area contributed by atoms with E-state index in [0.29, 0.717) is 18.8 Å². The Morgan fingerprint density at radius 3 is 2.32 bits per heavy atom. The Kier molecular flexibility index (Phi) is 5.33. The fourth-order valence-electron chi connectivity index (χ4n) is 3.10. The molecule has 25 heavy (non-hydrogen) atoms. The minimum absolute atomic E-state index is 0.138. The third kappa shape index (κ3) is 4.18. The second-order valence-corrected chi connectivity index (χ2v) is 6.25. The highest BCUT2D eigenvalue weighted by Crippen LogP contribution is 2.26. The van der Waals surface area contributed by atoms with Gasteiger partial charge in [-0.3, -0.25) is 9.59 Å². The Balaban J connectivity index is 1.83. The van der Waals surface area contributed by atoms with Crippen LogP contribution in [0.5, 0.6) is 5.75 Å². The summed E-state index contributed by atoms with van der Waals surface area (Å²) < 4.78 is 6.00. The highest BCUT2D eigenvalue weighted by atomic mass is 16.5. The van der Waals surface area contributed by atoms with E-state index in [1.54, 1.807) is 4.90 Å². The fraction of sp³-hybridized carbons (Fsp3) is 0.300. The average Bonchev–Trinajstić information content (AvgIpc) is 2.67. The van der Waals surface area contributed by atoms with Gasteiger partial charge in [0.05, 0.1) is 5.92 Å². The third-order valence-electron chi connectivity index (χ3n) is 4.46. The number of para-hydroxylation sites is 1. The van der Waals surface area contributed by atoms with Gasteiger partial charge in [-0.2, -0.15) is 0 Å². The first-order chi connectivity index (χ1) is 12.1. The van der Waals surface area contributed by atoms with Gasteiger partial charge in [0.25, 0.3) is 5.91 Å². The zero-order chi connectivity index (χ0) is 17.6. The monoisotopic (exact) mass is 338 g/mol. The summed E-state index contributed by atoms with van der Waals surface area (Å²) in [5.74, 6) is -0.141. The molecule has 0 saturated carbocycles. The van der Waals surface area contributed by atoms with Crippen molar-refractivity contribution in [2.75, 3.05) is 13.1 Å². The number of rotatable bonds is 5. The molecular weight excluding hydrogens is 316 g/mol. The molecule has 0 aliphatic carbocycles. The highest BCUT2D eigenvalue weighted by molar-refractivity contribution is 5.84. The Labute approximate surface area is 147 Å². The van der Waals surface area contributed by atoms with Crippen LogP contribution in [-0.4, -0.2) is 29.8 Å². The normalized spacial score (nSPS) is 18.4. The van der Waals surface area contributed by atoms with Crippen LogP contribution in [0, 0.1) is 5.92 Å². The van der Waals surface area contributed by atoms with E-state index in [0.717, 1.165) is 18.4 Å². The summed E-state index contributed by atoms with van der Waals surface area (Å²) in [6.45, 7) is 0.972. The molecule has 1 aliphatic rings. The number of hydrogen-bond acceptors (Lipinski definition) is 3. The van der Waals surface area contributed by atoms with E-state index in [1.807, 2.05) is 60.7 Å². The molecule has 3 rings (SSSR count). The van der Waals surface area contributed by atoms with Gasteiger partial charge in [-0.25, -0.2) is 0 Å². The molecule has 1 saturated heterocycles. The Bertz CT molecular complexity index is 718. The lowest BCUT2D eigenvalue weighted by atomic mass is 9.96. The molecule has 0 radical (unpaired) electrons. The smallest absolute Gasteiger partial charge is 0.268 e. The van der Waals surface area contributed by atoms with Crippen LogP contribution in [0.3, 0.4) is 0 Å². The van der Waals surface area contributed by atoms with E-state index >= 15 is 0 Å². The summed E-state index contributed by atoms with van der Waals surface area (Å²) in [6.07, 6.45) is 0.760. The minimum atomic E-state index is -0.741. The van der Waals surface area contributed by atoms with Gasteiger partial charge in [0.2, 0.25) is 12.0 Å². The van der Waals surface area contributed by atoms with E-state index in [-0.39, 0.29) is 17.7 Å². The van der Waals surface area contributed by atoms with Gasteiger partial charge in [-0.05, 0) is 25.0 Å². The maximum atomic E-state index is 13.1. The molecule has 0 aromatic heterocycles. The van der Waals surface area contributed by atoms with E-state index in [9.17, 15) is 9.59 Å². The van der Waals surface area contributed by atoms with Gasteiger partial charge < -0.3 is 15.4 Å². The maximum absolute atomic E-state index is 13.1. The van der Waals surface area contributed by atoms with Crippen LogP contribution >= 0.6 is 0 Å². The molecule has 2 aromatic rings. The first kappa shape index (κ1) is 17.0. The molecule has 2 aromatic carbocycles. The van der Waals surface area contributed by atoms with Gasteiger partial charge in [0.15, 0.2) is 0 Å². The third-order valence-corrected chi connectivity index (χ3v) is 4.46. The molecule has 130 valence electrons. The van der Waals surface area contributed by atoms with E-state index in [4.69, 9.17) is 10.5 Å². The zero-order valence-electron chi connectivity index (χ0n) is 14.0. The van der Waals surface area contributed by atoms with Crippen LogP contribution < -0.4 is 10.5 Å². The fourth-order valence-corrected chi connectivity index (χ4v) is 3.10. The van der Waals surface area contributed by atoms with Gasteiger partial charge in [0.1, 0.15) is 5.75 Å². The molecule has 1 heterocycles. The molecular formula is C20H22N2O3. The van der Waals surface area contributed by atoms with Crippen molar-refractivity contribution in [2.45, 2.75) is 18.9 Å². The Hall–Kier alpha value is -2.82. The summed E-state index contributed by atoms with van der Waals surface area (Å²) in [7, 11) is 0. The Morgan fingerprint density at radius 2 is 1.68 bits per heavy atom. The number of likely N-dealkylation sites (tertiary alicyclic amines) is 1. The topological polar surface area (TPSA) is 72.6 Å². The predicted molar refractivity (Wildman–Crippen MR) is 94.8 cm³/mol. The number of ether oxygens (including phenoxy) is 1. The average molecular weight is 338 g/mol. The number of primary amides is 1. The van der Waals surface area contributed by atoms with Gasteiger partial charge >= 0.3 is 0 Å². The number of carbonyl (C=O) groups excluding carboxylic acids is 2. The Morgan fingerprint density at radius 1 is 1.04 bits per heavy atom. The summed E-state index contributed by atoms with van der Waals surface area (Å²) >= 11 is 0. The second kappa shape index (κ2) is 7.83. The quantitative estimate of drug-likeness (QED) is 0.910. The van der Waals surface area contributed by atoms with E-state index < -0.39 is 6.10 Å². The first-order valence-corrected chi connectivity index (χ1v) is 8.50. The molecule has 2 N–H and O–H groups in total. The highest BCUT2D eigenvalue weighted by Gasteiger charge is 2.33. The van der Waals surface area contributed by atoms with Crippen LogP contribution in [0.2, 0.25) is 0 Å². The van der Waals surface area contributed by atoms with Crippen LogP contribution in [0.15, 0.2) is 60.7 Å². The maximum Gasteiger partial charge on any atom is 0.268 e. The van der Waals surface area contributed by atoms with E-state index in [1.165, 1.54) is 0 Å². The lowest BCUT2D eigenvalue weighted by Gasteiger charge is -2.33. The summed E-state index contributed by atoms with van der Waals surface area (Å²) in [5, 5.41) is 0. The molecule has 5 nitrogen and oxygen atoms in total. The second-order valence-electron chi connectivity index (χ2n) is 6.25. The lowest BCUT2D eigenvalue weighted by Crippen LogP contribution is -2.46. The van der Waals surface area contributed by atoms with Crippen LogP contribution in [0.4, 0.5) is 0 Å². The van der Waals surface area contributed by atoms with Crippen LogP contribution in [0.1, 0.15) is 24.5 Å². The number of nitrogens with two attached hydrogens (primary N) is 1. The largest absolute Gasteiger partial charge is 0.476 e. The van der Waals surface area contributed by atoms with Gasteiger partial charge in [0, 0.05) is 18.7 Å². The van der Waals surface area contributed by atoms with Gasteiger partial charge in [-0.15, -0.1) is 0 Å². The SMILES string of the molecule is NC(=O)C1CCCN(C(=O)C(Oc2ccccc2)c2ccccc2)C1. The van der Waals surface area contributed by atoms with Crippen molar-refractivity contribution in [1.82, 2.24) is 4.90 Å². The van der Waals surface area contributed by atoms with Crippen molar-refractivity contribution < 1.29 is 14.3 Å². The molecule has 1 aliphatic heterocycles. The van der Waals surface area contributed by atoms with Crippen molar-refractivity contribution >= 4 is 11.8 Å². The number of amides is 2. The summed E-state index contributed by atoms with van der Waals surface area (Å²) in [5.41, 5.74) is 6.22. The van der Waals surface area contributed by atoms with Crippen LogP contribution in [-0.2, 0) is 9.59 Å². The number of nitrogens with zero attached hydrogens (tertiary/aromatic N) is 1. The number of benzene rings is 2. The van der Waals surface area contributed by atoms with Crippen molar-refractivity contribution in [3.8, 4) is 5.75 Å². The molecule has 2 atom stereocenters. The van der Waals surface area contributed by atoms with E-state index in [2.05, 4.69) is 0 Å². The summed E-state index contributed by atoms with van der Waals surface area (Å²) in [6, 6.07) is 18.7. The number of hydrogen-bond donors (Lipinski definition) is 1. The molecule has 0 bridgehead atoms. The van der Waals surface area contributed by atoms with Crippen molar-refractivity contribution in [3.05, 3.63) is 66.2 Å². The van der Waals surface area contributed by atoms with Gasteiger partial charge in [-0.1, -0.05) is 48.5 Å². The number of carbonyl (C=O) groups is 2. The molecule has 2 unspecified atom stereocenters. The molecule has 2 amide bonds. The lowest BCUT2D eigenvalue weighted by molar-refractivity contribution is -0.142. The minimum Gasteiger partial charge on any atom is -0.476 e. The molecule has 5 heteroatoms. The number of piperidine rings is 1. The van der Waals surface area contributed by atoms with Crippen LogP contribution in [0.25, 0.3) is 0 Å². The first-order valence-electron chi connectivity index (χ1n) is 8.50. The zero-order valence-corrected chi connectivity index (χ0v) is 14.0. The molecule has 0 spiro atoms. The molecule has 1 fully saturated rings. The van der Waals surface area contributed by atoms with Crippen molar-refractivity contribution in [3.63, 3.8) is 0 Å². The van der Waals surface area contributed by atoms with Crippen molar-refractivity contribution in [2.24, 2.45) is 11.7 Å². The van der Waals surface area contributed by atoms with Crippen molar-refractivity contribution in [1.29, 1.82) is 0 Å². The predicted octanol–water partition coefficient (Wildman–Crippen LogP) is 2.53. The standard InChI is InChI=1S/C20H22N2O3/c21-19(23)16-10-7-13-22(14-16)20(24)18(15-8-3-1-4-9-15)25-17-11-5-2-6-12-17/h1-6,8-9,11-12,16,18H,7,10,13-14H2,(H2,21,23).